The van der Waals surface area contributed by atoms with E-state index < -0.39 is 5.83 Å². The Kier molecular flexibility index (Phi) is 6.97. The first kappa shape index (κ1) is 21.5. The molecule has 0 aliphatic heterocycles. The van der Waals surface area contributed by atoms with Gasteiger partial charge < -0.3 is 4.74 Å². The maximum atomic E-state index is 15.3. The summed E-state index contributed by atoms with van der Waals surface area (Å²) in [4.78, 5) is 16.3. The first-order valence-electron chi connectivity index (χ1n) is 9.38. The fraction of sp³-hybridized carbons (Fsp3) is 0.125. The van der Waals surface area contributed by atoms with Crippen molar-refractivity contribution in [2.45, 2.75) is 13.3 Å². The monoisotopic (exact) mass is 413 g/mol. The second-order valence-electron chi connectivity index (χ2n) is 6.64. The summed E-state index contributed by atoms with van der Waals surface area (Å²) in [7, 11) is 1.52. The Balaban J connectivity index is 2.00. The summed E-state index contributed by atoms with van der Waals surface area (Å²) < 4.78 is 20.5. The highest BCUT2D eigenvalue weighted by Gasteiger charge is 2.13. The molecule has 0 aliphatic carbocycles. The van der Waals surface area contributed by atoms with Gasteiger partial charge in [0.05, 0.1) is 24.6 Å². The van der Waals surface area contributed by atoms with Crippen molar-refractivity contribution in [3.63, 3.8) is 0 Å². The van der Waals surface area contributed by atoms with Gasteiger partial charge >= 0.3 is 0 Å². The van der Waals surface area contributed by atoms with Crippen molar-refractivity contribution in [1.29, 1.82) is 5.26 Å². The van der Waals surface area contributed by atoms with Gasteiger partial charge in [-0.15, -0.1) is 0 Å². The molecular weight excluding hydrogens is 393 g/mol. The van der Waals surface area contributed by atoms with Gasteiger partial charge in [0.15, 0.2) is 0 Å². The summed E-state index contributed by atoms with van der Waals surface area (Å²) in [6.07, 6.45) is 9.19. The molecule has 0 saturated carbocycles. The number of pyridine rings is 3. The van der Waals surface area contributed by atoms with Crippen molar-refractivity contribution in [2.24, 2.45) is 4.99 Å². The maximum absolute atomic E-state index is 15.3. The van der Waals surface area contributed by atoms with Crippen LogP contribution in [0.3, 0.4) is 0 Å². The van der Waals surface area contributed by atoms with E-state index in [9.17, 15) is 5.26 Å². The number of aromatic nitrogens is 3. The highest BCUT2D eigenvalue weighted by atomic mass is 19.1. The number of aliphatic imine (C=N–C) groups is 1. The Hall–Kier alpha value is -4.18. The fourth-order valence-electron chi connectivity index (χ4n) is 3.04. The summed E-state index contributed by atoms with van der Waals surface area (Å²) in [5.74, 6) is 0.0846. The molecule has 0 atom stereocenters. The van der Waals surface area contributed by atoms with Crippen molar-refractivity contribution in [3.05, 3.63) is 89.5 Å². The van der Waals surface area contributed by atoms with E-state index in [2.05, 4.69) is 32.7 Å². The molecule has 3 rings (SSSR count). The molecule has 0 bridgehead atoms. The van der Waals surface area contributed by atoms with Crippen molar-refractivity contribution < 1.29 is 9.13 Å². The van der Waals surface area contributed by atoms with E-state index in [0.29, 0.717) is 33.7 Å². The van der Waals surface area contributed by atoms with Crippen LogP contribution >= 0.6 is 0 Å². The fourth-order valence-corrected chi connectivity index (χ4v) is 3.04. The smallest absolute Gasteiger partial charge is 0.137 e. The second-order valence-corrected chi connectivity index (χ2v) is 6.64. The van der Waals surface area contributed by atoms with E-state index in [-0.39, 0.29) is 6.42 Å². The third kappa shape index (κ3) is 5.25. The predicted molar refractivity (Wildman–Crippen MR) is 118 cm³/mol. The lowest BCUT2D eigenvalue weighted by atomic mass is 10.0. The Morgan fingerprint density at radius 1 is 1.26 bits per heavy atom. The molecule has 0 aromatic carbocycles. The molecule has 0 amide bonds. The van der Waals surface area contributed by atoms with Crippen LogP contribution < -0.4 is 4.74 Å². The van der Waals surface area contributed by atoms with Crippen molar-refractivity contribution in [3.8, 4) is 23.1 Å². The van der Waals surface area contributed by atoms with E-state index >= 15 is 4.39 Å². The molecule has 3 aromatic rings. The largest absolute Gasteiger partial charge is 0.495 e. The van der Waals surface area contributed by atoms with Crippen molar-refractivity contribution in [2.75, 3.05) is 7.11 Å². The maximum Gasteiger partial charge on any atom is 0.137 e. The van der Waals surface area contributed by atoms with Crippen LogP contribution in [0.4, 0.5) is 4.39 Å². The molecular formula is C24H20FN5O. The average Bonchev–Trinajstić information content (AvgIpc) is 2.79. The lowest BCUT2D eigenvalue weighted by Gasteiger charge is -2.09. The number of nitriles is 1. The number of rotatable bonds is 7. The van der Waals surface area contributed by atoms with Gasteiger partial charge in [-0.2, -0.15) is 5.26 Å². The normalized spacial score (nSPS) is 11.7. The molecule has 154 valence electrons. The highest BCUT2D eigenvalue weighted by Crippen LogP contribution is 2.28. The number of aryl methyl sites for hydroxylation is 1. The van der Waals surface area contributed by atoms with E-state index in [1.54, 1.807) is 36.8 Å². The van der Waals surface area contributed by atoms with Gasteiger partial charge in [-0.05, 0) is 49.5 Å². The van der Waals surface area contributed by atoms with Crippen LogP contribution in [-0.2, 0) is 6.42 Å². The molecule has 31 heavy (non-hydrogen) atoms. The van der Waals surface area contributed by atoms with Crippen LogP contribution in [0.5, 0.6) is 5.75 Å². The molecule has 6 nitrogen and oxygen atoms in total. The zero-order chi connectivity index (χ0) is 22.2. The van der Waals surface area contributed by atoms with Gasteiger partial charge in [0.1, 0.15) is 17.6 Å². The summed E-state index contributed by atoms with van der Waals surface area (Å²) >= 11 is 0. The Morgan fingerprint density at radius 2 is 2.10 bits per heavy atom. The number of nitrogens with zero attached hydrogens (tertiary/aromatic N) is 5. The number of hydrogen-bond donors (Lipinski definition) is 0. The van der Waals surface area contributed by atoms with Crippen LogP contribution in [0.15, 0.2) is 72.1 Å². The molecule has 0 aliphatic rings. The summed E-state index contributed by atoms with van der Waals surface area (Å²) in [6.45, 7) is 5.26. The van der Waals surface area contributed by atoms with Gasteiger partial charge in [-0.1, -0.05) is 0 Å². The topological polar surface area (TPSA) is 84.0 Å². The quantitative estimate of drug-likeness (QED) is 0.408. The van der Waals surface area contributed by atoms with Gasteiger partial charge in [-0.25, -0.2) is 4.39 Å². The standard InChI is InChI=1S/C24H20FN5O/c1-16-8-18(4-7-29-16)24-19(12-26)9-17(13-30-24)10-23(25)22(5-6-27-2)20-11-21(31-3)15-28-14-20/h4-9,11,13-15H,2,10H2,1,3H3/b6-5-,23-22-. The van der Waals surface area contributed by atoms with E-state index in [1.165, 1.54) is 25.6 Å². The number of allylic oxidation sites excluding steroid dienone is 3. The lowest BCUT2D eigenvalue weighted by molar-refractivity contribution is 0.412. The summed E-state index contributed by atoms with van der Waals surface area (Å²) in [5, 5.41) is 9.60. The van der Waals surface area contributed by atoms with Gasteiger partial charge in [0.25, 0.3) is 0 Å². The van der Waals surface area contributed by atoms with Gasteiger partial charge in [0.2, 0.25) is 0 Å². The van der Waals surface area contributed by atoms with Crippen LogP contribution in [0.2, 0.25) is 0 Å². The zero-order valence-electron chi connectivity index (χ0n) is 17.2. The minimum Gasteiger partial charge on any atom is -0.495 e. The molecule has 0 radical (unpaired) electrons. The van der Waals surface area contributed by atoms with Crippen LogP contribution in [0.1, 0.15) is 22.4 Å². The molecule has 0 spiro atoms. The first-order valence-corrected chi connectivity index (χ1v) is 9.38. The number of ether oxygens (including phenoxy) is 1. The minimum atomic E-state index is -0.423. The molecule has 0 saturated heterocycles. The summed E-state index contributed by atoms with van der Waals surface area (Å²) in [5.41, 5.74) is 3.91. The van der Waals surface area contributed by atoms with Gasteiger partial charge in [-0.3, -0.25) is 19.9 Å². The van der Waals surface area contributed by atoms with Crippen molar-refractivity contribution >= 4 is 12.3 Å². The molecule has 0 N–H and O–H groups in total. The lowest BCUT2D eigenvalue weighted by Crippen LogP contribution is -1.97. The van der Waals surface area contributed by atoms with Gasteiger partial charge in [0, 0.05) is 53.6 Å². The Morgan fingerprint density at radius 3 is 2.81 bits per heavy atom. The Labute approximate surface area is 180 Å². The Bertz CT molecular complexity index is 1210. The van der Waals surface area contributed by atoms with Crippen LogP contribution in [0.25, 0.3) is 16.8 Å². The summed E-state index contributed by atoms with van der Waals surface area (Å²) in [6, 6.07) is 9.12. The first-order chi connectivity index (χ1) is 15.0. The number of methoxy groups -OCH3 is 1. The molecule has 3 heterocycles. The van der Waals surface area contributed by atoms with Crippen LogP contribution in [-0.4, -0.2) is 28.8 Å². The zero-order valence-corrected chi connectivity index (χ0v) is 17.2. The molecule has 7 heteroatoms. The number of halogens is 1. The highest BCUT2D eigenvalue weighted by molar-refractivity contribution is 5.76. The van der Waals surface area contributed by atoms with E-state index in [4.69, 9.17) is 4.74 Å². The SMILES string of the molecule is C=N/C=C\C(=C(\F)Cc1cnc(-c2ccnc(C)c2)c(C#N)c1)c1cncc(OC)c1. The average molecular weight is 413 g/mol. The third-order valence-corrected chi connectivity index (χ3v) is 4.49. The van der Waals surface area contributed by atoms with E-state index in [1.807, 2.05) is 13.0 Å². The van der Waals surface area contributed by atoms with E-state index in [0.717, 1.165) is 11.3 Å². The van der Waals surface area contributed by atoms with Crippen molar-refractivity contribution in [1.82, 2.24) is 15.0 Å². The predicted octanol–water partition coefficient (Wildman–Crippen LogP) is 4.86. The minimum absolute atomic E-state index is 0.0502. The molecule has 0 fully saturated rings. The molecule has 0 unspecified atom stereocenters. The number of hydrogen-bond acceptors (Lipinski definition) is 6. The van der Waals surface area contributed by atoms with Crippen LogP contribution in [0, 0.1) is 18.3 Å². The second kappa shape index (κ2) is 10.0. The third-order valence-electron chi connectivity index (χ3n) is 4.49. The molecule has 3 aromatic heterocycles.